The summed E-state index contributed by atoms with van der Waals surface area (Å²) in [6.07, 6.45) is 0.433. The van der Waals surface area contributed by atoms with Crippen LogP contribution < -0.4 is 4.90 Å². The molecule has 2 heteroatoms. The molecule has 0 amide bonds. The molecular weight excluding hydrogens is 210 g/mol. The van der Waals surface area contributed by atoms with E-state index in [0.717, 1.165) is 19.7 Å². The minimum absolute atomic E-state index is 0.237. The van der Waals surface area contributed by atoms with E-state index in [2.05, 4.69) is 56.9 Å². The minimum atomic E-state index is 0.237. The van der Waals surface area contributed by atoms with Crippen LogP contribution in [0.25, 0.3) is 0 Å². The van der Waals surface area contributed by atoms with Crippen molar-refractivity contribution in [3.05, 3.63) is 29.8 Å². The number of rotatable bonds is 3. The van der Waals surface area contributed by atoms with E-state index >= 15 is 0 Å². The number of hydrogen-bond acceptors (Lipinski definition) is 2. The first-order valence-corrected chi connectivity index (χ1v) is 6.48. The van der Waals surface area contributed by atoms with E-state index in [0.29, 0.717) is 6.10 Å². The van der Waals surface area contributed by atoms with Crippen molar-refractivity contribution < 1.29 is 4.74 Å². The van der Waals surface area contributed by atoms with Crippen LogP contribution in [-0.2, 0) is 10.2 Å². The fourth-order valence-electron chi connectivity index (χ4n) is 2.16. The molecule has 1 aliphatic rings. The summed E-state index contributed by atoms with van der Waals surface area (Å²) in [5.41, 5.74) is 2.94. The zero-order chi connectivity index (χ0) is 12.5. The second-order valence-corrected chi connectivity index (χ2v) is 5.78. The fourth-order valence-corrected chi connectivity index (χ4v) is 2.16. The lowest BCUT2D eigenvalue weighted by Gasteiger charge is -2.40. The van der Waals surface area contributed by atoms with Crippen LogP contribution in [0.1, 0.15) is 33.3 Å². The second kappa shape index (κ2) is 4.69. The molecule has 0 N–H and O–H groups in total. The molecule has 17 heavy (non-hydrogen) atoms. The maximum absolute atomic E-state index is 5.57. The Kier molecular flexibility index (Phi) is 3.43. The third kappa shape index (κ3) is 2.81. The van der Waals surface area contributed by atoms with E-state index < -0.39 is 0 Å². The largest absolute Gasteiger partial charge is 0.375 e. The number of hydrogen-bond donors (Lipinski definition) is 0. The van der Waals surface area contributed by atoms with Crippen molar-refractivity contribution in [3.8, 4) is 0 Å². The first-order valence-electron chi connectivity index (χ1n) is 6.48. The standard InChI is InChI=1S/C15H23NO/c1-5-17-14-10-16(11-14)13-8-6-12(7-9-13)15(2,3)4/h6-9,14H,5,10-11H2,1-4H3. The van der Waals surface area contributed by atoms with Crippen molar-refractivity contribution >= 4 is 5.69 Å². The van der Waals surface area contributed by atoms with Crippen LogP contribution >= 0.6 is 0 Å². The molecule has 1 fully saturated rings. The molecule has 94 valence electrons. The highest BCUT2D eigenvalue weighted by Gasteiger charge is 2.27. The van der Waals surface area contributed by atoms with E-state index in [-0.39, 0.29) is 5.41 Å². The summed E-state index contributed by atoms with van der Waals surface area (Å²) in [4.78, 5) is 2.37. The van der Waals surface area contributed by atoms with Crippen LogP contribution in [0, 0.1) is 0 Å². The highest BCUT2D eigenvalue weighted by Crippen LogP contribution is 2.27. The van der Waals surface area contributed by atoms with E-state index in [9.17, 15) is 0 Å². The van der Waals surface area contributed by atoms with Crippen molar-refractivity contribution in [2.24, 2.45) is 0 Å². The van der Waals surface area contributed by atoms with Gasteiger partial charge in [-0.3, -0.25) is 0 Å². The normalized spacial score (nSPS) is 17.1. The summed E-state index contributed by atoms with van der Waals surface area (Å²) in [5.74, 6) is 0. The summed E-state index contributed by atoms with van der Waals surface area (Å²) < 4.78 is 5.57. The minimum Gasteiger partial charge on any atom is -0.375 e. The van der Waals surface area contributed by atoms with E-state index in [1.807, 2.05) is 0 Å². The lowest BCUT2D eigenvalue weighted by atomic mass is 9.87. The van der Waals surface area contributed by atoms with Crippen molar-refractivity contribution in [3.63, 3.8) is 0 Å². The van der Waals surface area contributed by atoms with Crippen molar-refractivity contribution in [2.45, 2.75) is 39.2 Å². The molecule has 0 unspecified atom stereocenters. The molecule has 2 rings (SSSR count). The molecule has 1 saturated heterocycles. The fraction of sp³-hybridized carbons (Fsp3) is 0.600. The van der Waals surface area contributed by atoms with Gasteiger partial charge in [0, 0.05) is 25.4 Å². The van der Waals surface area contributed by atoms with E-state index in [1.54, 1.807) is 0 Å². The molecule has 0 spiro atoms. The summed E-state index contributed by atoms with van der Waals surface area (Å²) in [7, 11) is 0. The molecule has 0 saturated carbocycles. The summed E-state index contributed by atoms with van der Waals surface area (Å²) in [6, 6.07) is 8.93. The van der Waals surface area contributed by atoms with Crippen LogP contribution in [0.2, 0.25) is 0 Å². The second-order valence-electron chi connectivity index (χ2n) is 5.78. The topological polar surface area (TPSA) is 12.5 Å². The van der Waals surface area contributed by atoms with Gasteiger partial charge in [-0.2, -0.15) is 0 Å². The number of ether oxygens (including phenoxy) is 1. The average molecular weight is 233 g/mol. The van der Waals surface area contributed by atoms with Gasteiger partial charge in [0.2, 0.25) is 0 Å². The van der Waals surface area contributed by atoms with Crippen LogP contribution in [0.4, 0.5) is 5.69 Å². The van der Waals surface area contributed by atoms with E-state index in [4.69, 9.17) is 4.74 Å². The Bertz CT molecular complexity index is 358. The summed E-state index contributed by atoms with van der Waals surface area (Å²) >= 11 is 0. The van der Waals surface area contributed by atoms with Gasteiger partial charge >= 0.3 is 0 Å². The van der Waals surface area contributed by atoms with Gasteiger partial charge < -0.3 is 9.64 Å². The van der Waals surface area contributed by atoms with Gasteiger partial charge in [-0.15, -0.1) is 0 Å². The Morgan fingerprint density at radius 2 is 1.76 bits per heavy atom. The number of nitrogens with zero attached hydrogens (tertiary/aromatic N) is 1. The summed E-state index contributed by atoms with van der Waals surface area (Å²) in [5, 5.41) is 0. The van der Waals surface area contributed by atoms with Gasteiger partial charge in [0.15, 0.2) is 0 Å². The first kappa shape index (κ1) is 12.4. The van der Waals surface area contributed by atoms with Crippen molar-refractivity contribution in [2.75, 3.05) is 24.6 Å². The van der Waals surface area contributed by atoms with Crippen LogP contribution in [0.3, 0.4) is 0 Å². The van der Waals surface area contributed by atoms with Gasteiger partial charge in [0.05, 0.1) is 6.10 Å². The Labute approximate surface area is 105 Å². The van der Waals surface area contributed by atoms with Gasteiger partial charge in [-0.25, -0.2) is 0 Å². The maximum atomic E-state index is 5.57. The summed E-state index contributed by atoms with van der Waals surface area (Å²) in [6.45, 7) is 11.7. The maximum Gasteiger partial charge on any atom is 0.0924 e. The van der Waals surface area contributed by atoms with Crippen LogP contribution in [0.15, 0.2) is 24.3 Å². The number of benzene rings is 1. The molecule has 1 aliphatic heterocycles. The zero-order valence-electron chi connectivity index (χ0n) is 11.4. The molecule has 0 aliphatic carbocycles. The predicted molar refractivity (Wildman–Crippen MR) is 72.8 cm³/mol. The van der Waals surface area contributed by atoms with Crippen LogP contribution in [0.5, 0.6) is 0 Å². The van der Waals surface area contributed by atoms with E-state index in [1.165, 1.54) is 11.3 Å². The number of anilines is 1. The first-order chi connectivity index (χ1) is 8.00. The monoisotopic (exact) mass is 233 g/mol. The highest BCUT2D eigenvalue weighted by atomic mass is 16.5. The lowest BCUT2D eigenvalue weighted by molar-refractivity contribution is 0.0431. The average Bonchev–Trinajstić information content (AvgIpc) is 2.22. The molecule has 0 radical (unpaired) electrons. The quantitative estimate of drug-likeness (QED) is 0.795. The molecule has 1 heterocycles. The third-order valence-corrected chi connectivity index (χ3v) is 3.35. The SMILES string of the molecule is CCOC1CN(c2ccc(C(C)(C)C)cc2)C1. The Balaban J connectivity index is 1.96. The zero-order valence-corrected chi connectivity index (χ0v) is 11.4. The Hall–Kier alpha value is -1.02. The molecule has 0 bridgehead atoms. The molecule has 0 atom stereocenters. The van der Waals surface area contributed by atoms with Crippen LogP contribution in [-0.4, -0.2) is 25.8 Å². The molecule has 0 aromatic heterocycles. The van der Waals surface area contributed by atoms with Gasteiger partial charge in [0.25, 0.3) is 0 Å². The highest BCUT2D eigenvalue weighted by molar-refractivity contribution is 5.51. The van der Waals surface area contributed by atoms with Gasteiger partial charge in [-0.1, -0.05) is 32.9 Å². The van der Waals surface area contributed by atoms with Crippen molar-refractivity contribution in [1.82, 2.24) is 0 Å². The molecular formula is C15H23NO. The Morgan fingerprint density at radius 3 is 2.24 bits per heavy atom. The van der Waals surface area contributed by atoms with Crippen molar-refractivity contribution in [1.29, 1.82) is 0 Å². The predicted octanol–water partition coefficient (Wildman–Crippen LogP) is 3.21. The Morgan fingerprint density at radius 1 is 1.18 bits per heavy atom. The third-order valence-electron chi connectivity index (χ3n) is 3.35. The lowest BCUT2D eigenvalue weighted by Crippen LogP contribution is -2.52. The van der Waals surface area contributed by atoms with Gasteiger partial charge in [-0.05, 0) is 30.0 Å². The molecule has 2 nitrogen and oxygen atoms in total. The molecule has 1 aromatic rings. The molecule has 1 aromatic carbocycles. The smallest absolute Gasteiger partial charge is 0.0924 e. The van der Waals surface area contributed by atoms with Gasteiger partial charge in [0.1, 0.15) is 0 Å².